The summed E-state index contributed by atoms with van der Waals surface area (Å²) in [6.07, 6.45) is 0.862. The fraction of sp³-hybridized carbons (Fsp3) is 0.0909. The van der Waals surface area contributed by atoms with Gasteiger partial charge in [-0.2, -0.15) is 0 Å². The van der Waals surface area contributed by atoms with Crippen molar-refractivity contribution in [2.24, 2.45) is 0 Å². The summed E-state index contributed by atoms with van der Waals surface area (Å²) in [5.74, 6) is 0. The molecular formula is C88H62B2N4. The number of rotatable bonds is 5. The maximum Gasteiger partial charge on any atom is 0.333 e. The summed E-state index contributed by atoms with van der Waals surface area (Å²) in [6, 6.07) is 105. The number of hydrogen-bond donors (Lipinski definition) is 0. The van der Waals surface area contributed by atoms with Gasteiger partial charge in [0.25, 0.3) is 0 Å². The number of hydrogen-bond acceptors (Lipinski definition) is 2. The second-order valence-corrected chi connectivity index (χ2v) is 29.0. The van der Waals surface area contributed by atoms with Crippen LogP contribution in [0.2, 0.25) is 0 Å². The predicted octanol–water partition coefficient (Wildman–Crippen LogP) is 20.3. The van der Waals surface area contributed by atoms with Crippen molar-refractivity contribution in [3.63, 3.8) is 0 Å². The lowest BCUT2D eigenvalue weighted by Gasteiger charge is -2.41. The van der Waals surface area contributed by atoms with Gasteiger partial charge in [0.2, 0.25) is 0 Å². The van der Waals surface area contributed by atoms with Crippen LogP contribution in [0, 0.1) is 0 Å². The molecule has 0 fully saturated rings. The summed E-state index contributed by atoms with van der Waals surface area (Å²) >= 11 is 0. The molecule has 4 aliphatic heterocycles. The van der Waals surface area contributed by atoms with Crippen LogP contribution in [0.25, 0.3) is 120 Å². The molecule has 0 radical (unpaired) electrons. The molecular weight excluding hydrogens is 1130 g/mol. The Morgan fingerprint density at radius 2 is 0.734 bits per heavy atom. The first-order chi connectivity index (χ1) is 46.0. The van der Waals surface area contributed by atoms with Gasteiger partial charge in [-0.25, -0.2) is 0 Å². The monoisotopic (exact) mass is 1200 g/mol. The molecule has 94 heavy (non-hydrogen) atoms. The quantitative estimate of drug-likeness (QED) is 0.126. The van der Waals surface area contributed by atoms with Crippen LogP contribution in [0.15, 0.2) is 273 Å². The zero-order valence-corrected chi connectivity index (χ0v) is 53.1. The van der Waals surface area contributed by atoms with Crippen LogP contribution in [-0.2, 0) is 17.3 Å². The van der Waals surface area contributed by atoms with Crippen LogP contribution in [0.5, 0.6) is 0 Å². The molecule has 0 amide bonds. The molecule has 0 saturated carbocycles. The Bertz CT molecular complexity index is 6270. The first-order valence-electron chi connectivity index (χ1n) is 33.5. The van der Waals surface area contributed by atoms with Crippen molar-refractivity contribution < 1.29 is 0 Å². The van der Waals surface area contributed by atoms with Gasteiger partial charge in [-0.15, -0.1) is 0 Å². The topological polar surface area (TPSA) is 16.3 Å². The summed E-state index contributed by atoms with van der Waals surface area (Å²) in [5, 5.41) is 17.7. The van der Waals surface area contributed by atoms with Gasteiger partial charge in [-0.05, 0) is 206 Å². The Morgan fingerprint density at radius 3 is 1.31 bits per heavy atom. The number of aromatic nitrogens is 2. The van der Waals surface area contributed by atoms with Gasteiger partial charge in [-0.3, -0.25) is 0 Å². The zero-order valence-electron chi connectivity index (χ0n) is 53.1. The van der Waals surface area contributed by atoms with Gasteiger partial charge in [-0.1, -0.05) is 223 Å². The maximum absolute atomic E-state index is 2.68. The fourth-order valence-corrected chi connectivity index (χ4v) is 17.8. The molecule has 0 unspecified atom stereocenters. The highest BCUT2D eigenvalue weighted by molar-refractivity contribution is 6.91. The molecule has 0 spiro atoms. The van der Waals surface area contributed by atoms with Crippen molar-refractivity contribution in [2.75, 3.05) is 9.80 Å². The molecule has 15 aromatic carbocycles. The number of anilines is 6. The first kappa shape index (κ1) is 52.5. The molecule has 0 N–H and O–H groups in total. The molecule has 17 aromatic rings. The summed E-state index contributed by atoms with van der Waals surface area (Å²) in [4.78, 5) is 5.19. The van der Waals surface area contributed by atoms with Crippen LogP contribution < -0.4 is 31.7 Å². The van der Waals surface area contributed by atoms with Gasteiger partial charge in [0, 0.05) is 88.9 Å². The first-order valence-corrected chi connectivity index (χ1v) is 33.5. The van der Waals surface area contributed by atoms with E-state index in [2.05, 4.69) is 326 Å². The molecule has 4 nitrogen and oxygen atoms in total. The van der Waals surface area contributed by atoms with Gasteiger partial charge in [0.1, 0.15) is 0 Å². The standard InChI is InChI=1S/C88H62B2N4/c1-87(2,3)63-48-64(50-66(49-63)92-80-33-17-25-70-74-29-15-27-72-68-23-11-13-31-78(68)94(86(72)74)90(84(70)80)76-44-59-39-54-19-8-9-20-55(54)40-61(59)47-82(76)92)88(4,5)51-52-34-35-57-41-62-46-81-75(45-60(62)42-58(57)38-52)89-83-69(73-28-14-26-71-67-22-10-12-30-77(67)93(89)85(71)73)24-16-32-79(83)91(81)65-37-36-53-18-6-7-21-56(53)43-65/h6-50H,51H2,1-5H3. The smallest absolute Gasteiger partial charge is 0.333 e. The van der Waals surface area contributed by atoms with Crippen molar-refractivity contribution in [3.05, 3.63) is 290 Å². The van der Waals surface area contributed by atoms with Crippen LogP contribution in [0.1, 0.15) is 51.3 Å². The molecule has 6 heteroatoms. The van der Waals surface area contributed by atoms with E-state index >= 15 is 0 Å². The normalized spacial score (nSPS) is 13.8. The highest BCUT2D eigenvalue weighted by atomic mass is 15.2. The average Bonchev–Trinajstić information content (AvgIpc) is 1.40. The summed E-state index contributed by atoms with van der Waals surface area (Å²) in [5.41, 5.74) is 26.6. The highest BCUT2D eigenvalue weighted by Crippen LogP contribution is 2.50. The molecule has 6 heterocycles. The van der Waals surface area contributed by atoms with E-state index in [0.717, 1.165) is 6.42 Å². The van der Waals surface area contributed by atoms with Crippen molar-refractivity contribution in [2.45, 2.75) is 51.9 Å². The van der Waals surface area contributed by atoms with Gasteiger partial charge >= 0.3 is 13.7 Å². The minimum Gasteiger partial charge on any atom is -0.375 e. The van der Waals surface area contributed by atoms with E-state index in [4.69, 9.17) is 0 Å². The lowest BCUT2D eigenvalue weighted by Crippen LogP contribution is -2.56. The van der Waals surface area contributed by atoms with Crippen molar-refractivity contribution in [1.29, 1.82) is 0 Å². The Labute approximate surface area is 546 Å². The Morgan fingerprint density at radius 1 is 0.298 bits per heavy atom. The number of fused-ring (bicyclic) bond motifs is 19. The number of benzene rings is 15. The van der Waals surface area contributed by atoms with E-state index in [0.29, 0.717) is 0 Å². The van der Waals surface area contributed by atoms with Crippen LogP contribution in [0.4, 0.5) is 34.1 Å². The van der Waals surface area contributed by atoms with E-state index < -0.39 is 0 Å². The van der Waals surface area contributed by atoms with Gasteiger partial charge < -0.3 is 18.8 Å². The largest absolute Gasteiger partial charge is 0.375 e. The number of para-hydroxylation sites is 4. The maximum atomic E-state index is 2.68. The Kier molecular flexibility index (Phi) is 10.4. The van der Waals surface area contributed by atoms with E-state index in [9.17, 15) is 0 Å². The summed E-state index contributed by atoms with van der Waals surface area (Å²) in [7, 11) is 0. The third kappa shape index (κ3) is 7.20. The van der Waals surface area contributed by atoms with Crippen LogP contribution >= 0.6 is 0 Å². The second kappa shape index (κ2) is 18.6. The van der Waals surface area contributed by atoms with Crippen LogP contribution in [0.3, 0.4) is 0 Å². The third-order valence-electron chi connectivity index (χ3n) is 22.1. The fourth-order valence-electron chi connectivity index (χ4n) is 17.8. The lowest BCUT2D eigenvalue weighted by molar-refractivity contribution is 0.517. The molecule has 4 aliphatic rings. The van der Waals surface area contributed by atoms with Crippen molar-refractivity contribution in [3.8, 4) is 22.3 Å². The second-order valence-electron chi connectivity index (χ2n) is 29.0. The molecule has 440 valence electrons. The minimum atomic E-state index is -0.257. The minimum absolute atomic E-state index is 0.0343. The van der Waals surface area contributed by atoms with Crippen molar-refractivity contribution in [1.82, 2.24) is 8.96 Å². The highest BCUT2D eigenvalue weighted by Gasteiger charge is 2.45. The Balaban J connectivity index is 0.719. The van der Waals surface area contributed by atoms with E-state index in [1.165, 1.54) is 192 Å². The third-order valence-corrected chi connectivity index (χ3v) is 22.1. The molecule has 2 aromatic heterocycles. The molecule has 0 aliphatic carbocycles. The molecule has 0 bridgehead atoms. The van der Waals surface area contributed by atoms with Crippen molar-refractivity contribution >= 4 is 167 Å². The molecule has 21 rings (SSSR count). The molecule has 0 atom stereocenters. The summed E-state index contributed by atoms with van der Waals surface area (Å²) in [6.45, 7) is 12.0. The zero-order chi connectivity index (χ0) is 62.2. The molecule has 0 saturated heterocycles. The average molecular weight is 1200 g/mol. The Hall–Kier alpha value is -11.1. The van der Waals surface area contributed by atoms with Crippen LogP contribution in [-0.4, -0.2) is 22.7 Å². The van der Waals surface area contributed by atoms with Gasteiger partial charge in [0.15, 0.2) is 0 Å². The summed E-state index contributed by atoms with van der Waals surface area (Å²) < 4.78 is 5.36. The van der Waals surface area contributed by atoms with E-state index in [-0.39, 0.29) is 24.5 Å². The van der Waals surface area contributed by atoms with E-state index in [1.54, 1.807) is 0 Å². The SMILES string of the molecule is CC(C)(C)c1cc(N2c3cc4cc5ccccc5cc4cc3B3c4c(cccc42)-c2cccc4c5ccccc5n3c24)cc(C(C)(C)Cc2ccc3cc4cc5c(cc4cc3c2)B2c3c(cccc3N5c3ccc4ccccc4c3)-c3cccc4c5ccccc5n2c34)c1. The van der Waals surface area contributed by atoms with E-state index in [1.807, 2.05) is 0 Å². The lowest BCUT2D eigenvalue weighted by atomic mass is 9.45. The van der Waals surface area contributed by atoms with Gasteiger partial charge in [0.05, 0.1) is 0 Å². The predicted molar refractivity (Wildman–Crippen MR) is 403 cm³/mol. The number of nitrogens with zero attached hydrogens (tertiary/aromatic N) is 4.